The van der Waals surface area contributed by atoms with Crippen LogP contribution in [-0.2, 0) is 9.59 Å². The van der Waals surface area contributed by atoms with Crippen LogP contribution >= 0.6 is 0 Å². The highest BCUT2D eigenvalue weighted by atomic mass is 16.4. The molecule has 6 heteroatoms. The third kappa shape index (κ3) is 4.81. The fraction of sp³-hybridized carbons (Fsp3) is 0.471. The smallest absolute Gasteiger partial charge is 0.253 e. The minimum absolute atomic E-state index is 0.0194. The van der Waals surface area contributed by atoms with E-state index in [9.17, 15) is 19.5 Å². The first-order valence-corrected chi connectivity index (χ1v) is 7.81. The molecule has 0 bridgehead atoms. The Bertz CT molecular complexity index is 575. The number of nitrogens with zero attached hydrogens (tertiary/aromatic N) is 2. The lowest BCUT2D eigenvalue weighted by Crippen LogP contribution is -2.50. The summed E-state index contributed by atoms with van der Waals surface area (Å²) in [6.07, 6.45) is 0.404. The van der Waals surface area contributed by atoms with Crippen molar-refractivity contribution in [2.45, 2.75) is 26.2 Å². The van der Waals surface area contributed by atoms with Crippen molar-refractivity contribution in [2.75, 3.05) is 26.2 Å². The number of aliphatic carboxylic acids is 1. The number of hydrogen-bond acceptors (Lipinski definition) is 4. The van der Waals surface area contributed by atoms with Crippen LogP contribution in [-0.4, -0.2) is 53.8 Å². The molecule has 0 spiro atoms. The Labute approximate surface area is 135 Å². The summed E-state index contributed by atoms with van der Waals surface area (Å²) in [5.74, 6) is -1.21. The second-order valence-electron chi connectivity index (χ2n) is 5.76. The van der Waals surface area contributed by atoms with Crippen LogP contribution in [0.4, 0.5) is 0 Å². The molecule has 23 heavy (non-hydrogen) atoms. The van der Waals surface area contributed by atoms with Gasteiger partial charge < -0.3 is 19.7 Å². The van der Waals surface area contributed by atoms with Gasteiger partial charge in [-0.15, -0.1) is 0 Å². The van der Waals surface area contributed by atoms with Gasteiger partial charge in [-0.1, -0.05) is 17.7 Å². The van der Waals surface area contributed by atoms with Gasteiger partial charge in [-0.05, 0) is 31.9 Å². The van der Waals surface area contributed by atoms with Crippen LogP contribution in [0.5, 0.6) is 0 Å². The molecule has 1 aromatic carbocycles. The number of carboxylic acids is 1. The summed E-state index contributed by atoms with van der Waals surface area (Å²) in [6, 6.07) is 7.44. The van der Waals surface area contributed by atoms with Gasteiger partial charge in [0.15, 0.2) is 0 Å². The van der Waals surface area contributed by atoms with Crippen molar-refractivity contribution >= 4 is 17.8 Å². The van der Waals surface area contributed by atoms with E-state index in [0.29, 0.717) is 38.2 Å². The van der Waals surface area contributed by atoms with E-state index in [1.165, 1.54) is 0 Å². The predicted molar refractivity (Wildman–Crippen MR) is 82.5 cm³/mol. The molecule has 0 unspecified atom stereocenters. The summed E-state index contributed by atoms with van der Waals surface area (Å²) in [4.78, 5) is 38.1. The maximum atomic E-state index is 12.4. The summed E-state index contributed by atoms with van der Waals surface area (Å²) in [6.45, 7) is 3.94. The summed E-state index contributed by atoms with van der Waals surface area (Å²) < 4.78 is 0. The molecule has 124 valence electrons. The van der Waals surface area contributed by atoms with Gasteiger partial charge in [0.1, 0.15) is 0 Å². The molecule has 1 fully saturated rings. The molecule has 1 heterocycles. The Balaban J connectivity index is 1.81. The fourth-order valence-corrected chi connectivity index (χ4v) is 2.58. The van der Waals surface area contributed by atoms with Crippen LogP contribution < -0.4 is 5.11 Å². The van der Waals surface area contributed by atoms with Gasteiger partial charge in [0.25, 0.3) is 5.91 Å². The van der Waals surface area contributed by atoms with E-state index in [-0.39, 0.29) is 24.7 Å². The largest absolute Gasteiger partial charge is 0.550 e. The summed E-state index contributed by atoms with van der Waals surface area (Å²) in [5.41, 5.74) is 1.76. The zero-order valence-electron chi connectivity index (χ0n) is 13.3. The van der Waals surface area contributed by atoms with E-state index < -0.39 is 5.97 Å². The second kappa shape index (κ2) is 7.76. The summed E-state index contributed by atoms with van der Waals surface area (Å²) >= 11 is 0. The maximum absolute atomic E-state index is 12.4. The average Bonchev–Trinajstić information content (AvgIpc) is 2.54. The summed E-state index contributed by atoms with van der Waals surface area (Å²) in [7, 11) is 0. The number of amides is 2. The number of benzene rings is 1. The van der Waals surface area contributed by atoms with Crippen molar-refractivity contribution in [3.8, 4) is 0 Å². The van der Waals surface area contributed by atoms with Crippen molar-refractivity contribution in [1.29, 1.82) is 0 Å². The molecule has 0 saturated carbocycles. The molecule has 6 nitrogen and oxygen atoms in total. The zero-order chi connectivity index (χ0) is 16.8. The Morgan fingerprint density at radius 3 is 2.09 bits per heavy atom. The Kier molecular flexibility index (Phi) is 5.73. The normalized spacial score (nSPS) is 14.7. The maximum Gasteiger partial charge on any atom is 0.253 e. The minimum atomic E-state index is -1.13. The van der Waals surface area contributed by atoms with Gasteiger partial charge in [0.2, 0.25) is 5.91 Å². The molecule has 1 aliphatic heterocycles. The molecule has 0 atom stereocenters. The standard InChI is InChI=1S/C17H22N2O4/c1-13-5-7-14(8-6-13)17(23)19-11-9-18(10-12-19)15(20)3-2-4-16(21)22/h5-8H,2-4,9-12H2,1H3,(H,21,22)/p-1. The molecule has 0 aromatic heterocycles. The van der Waals surface area contributed by atoms with Crippen LogP contribution in [0.15, 0.2) is 24.3 Å². The minimum Gasteiger partial charge on any atom is -0.550 e. The van der Waals surface area contributed by atoms with Crippen molar-refractivity contribution in [3.05, 3.63) is 35.4 Å². The predicted octanol–water partition coefficient (Wildman–Crippen LogP) is 0.200. The van der Waals surface area contributed by atoms with Gasteiger partial charge in [0.05, 0.1) is 0 Å². The number of piperazine rings is 1. The molecule has 1 saturated heterocycles. The number of rotatable bonds is 5. The van der Waals surface area contributed by atoms with Crippen molar-refractivity contribution in [2.24, 2.45) is 0 Å². The summed E-state index contributed by atoms with van der Waals surface area (Å²) in [5, 5.41) is 10.4. The highest BCUT2D eigenvalue weighted by Gasteiger charge is 2.24. The van der Waals surface area contributed by atoms with Crippen molar-refractivity contribution < 1.29 is 19.5 Å². The number of carbonyl (C=O) groups is 3. The highest BCUT2D eigenvalue weighted by molar-refractivity contribution is 5.94. The number of hydrogen-bond donors (Lipinski definition) is 0. The zero-order valence-corrected chi connectivity index (χ0v) is 13.3. The Morgan fingerprint density at radius 1 is 0.957 bits per heavy atom. The van der Waals surface area contributed by atoms with Crippen LogP contribution in [0, 0.1) is 6.92 Å². The quantitative estimate of drug-likeness (QED) is 0.777. The van der Waals surface area contributed by atoms with E-state index in [0.717, 1.165) is 5.56 Å². The first-order valence-electron chi connectivity index (χ1n) is 7.81. The molecule has 0 aliphatic carbocycles. The van der Waals surface area contributed by atoms with E-state index in [4.69, 9.17) is 0 Å². The Morgan fingerprint density at radius 2 is 1.52 bits per heavy atom. The third-order valence-electron chi connectivity index (χ3n) is 3.99. The lowest BCUT2D eigenvalue weighted by atomic mass is 10.1. The highest BCUT2D eigenvalue weighted by Crippen LogP contribution is 2.11. The van der Waals surface area contributed by atoms with Gasteiger partial charge in [-0.25, -0.2) is 0 Å². The SMILES string of the molecule is Cc1ccc(C(=O)N2CCN(C(=O)CCCC(=O)[O-])CC2)cc1. The van der Waals surface area contributed by atoms with Crippen molar-refractivity contribution in [1.82, 2.24) is 9.80 Å². The molecular formula is C17H21N2O4-. The van der Waals surface area contributed by atoms with Crippen LogP contribution in [0.25, 0.3) is 0 Å². The molecule has 0 radical (unpaired) electrons. The molecule has 1 aliphatic rings. The Hall–Kier alpha value is -2.37. The van der Waals surface area contributed by atoms with E-state index >= 15 is 0 Å². The van der Waals surface area contributed by atoms with Gasteiger partial charge in [-0.2, -0.15) is 0 Å². The lowest BCUT2D eigenvalue weighted by molar-refractivity contribution is -0.305. The topological polar surface area (TPSA) is 80.8 Å². The number of carboxylic acid groups (broad SMARTS) is 1. The molecule has 2 rings (SSSR count). The van der Waals surface area contributed by atoms with E-state index in [1.807, 2.05) is 31.2 Å². The lowest BCUT2D eigenvalue weighted by Gasteiger charge is -2.35. The van der Waals surface area contributed by atoms with Gasteiger partial charge >= 0.3 is 0 Å². The van der Waals surface area contributed by atoms with E-state index in [1.54, 1.807) is 9.80 Å². The van der Waals surface area contributed by atoms with Crippen LogP contribution in [0.1, 0.15) is 35.2 Å². The number of aryl methyl sites for hydroxylation is 1. The monoisotopic (exact) mass is 317 g/mol. The first-order chi connectivity index (χ1) is 11.0. The van der Waals surface area contributed by atoms with Crippen LogP contribution in [0.2, 0.25) is 0 Å². The molecule has 2 amide bonds. The fourth-order valence-electron chi connectivity index (χ4n) is 2.58. The second-order valence-corrected chi connectivity index (χ2v) is 5.76. The van der Waals surface area contributed by atoms with Crippen LogP contribution in [0.3, 0.4) is 0 Å². The number of carbonyl (C=O) groups excluding carboxylic acids is 3. The molecule has 0 N–H and O–H groups in total. The molecular weight excluding hydrogens is 296 g/mol. The third-order valence-corrected chi connectivity index (χ3v) is 3.99. The molecule has 1 aromatic rings. The average molecular weight is 317 g/mol. The van der Waals surface area contributed by atoms with Crippen molar-refractivity contribution in [3.63, 3.8) is 0 Å². The first kappa shape index (κ1) is 17.0. The van der Waals surface area contributed by atoms with Gasteiger partial charge in [0, 0.05) is 44.1 Å². The van der Waals surface area contributed by atoms with E-state index in [2.05, 4.69) is 0 Å². The van der Waals surface area contributed by atoms with Gasteiger partial charge in [-0.3, -0.25) is 9.59 Å².